The van der Waals surface area contributed by atoms with Gasteiger partial charge in [-0.2, -0.15) is 5.10 Å². The van der Waals surface area contributed by atoms with Crippen molar-refractivity contribution >= 4 is 56.7 Å². The van der Waals surface area contributed by atoms with Crippen LogP contribution in [0.5, 0.6) is 5.75 Å². The van der Waals surface area contributed by atoms with Crippen LogP contribution < -0.4 is 15.5 Å². The van der Waals surface area contributed by atoms with Gasteiger partial charge in [0.2, 0.25) is 0 Å². The minimum Gasteiger partial charge on any atom is -0.487 e. The van der Waals surface area contributed by atoms with Crippen LogP contribution in [0.3, 0.4) is 0 Å². The van der Waals surface area contributed by atoms with Gasteiger partial charge in [0.25, 0.3) is 5.91 Å². The Labute approximate surface area is 252 Å². The number of anilines is 2. The highest BCUT2D eigenvalue weighted by molar-refractivity contribution is 7.14. The van der Waals surface area contributed by atoms with Crippen molar-refractivity contribution < 1.29 is 9.53 Å². The van der Waals surface area contributed by atoms with Crippen molar-refractivity contribution in [2.75, 3.05) is 5.32 Å². The van der Waals surface area contributed by atoms with E-state index in [0.717, 1.165) is 38.6 Å². The standard InChI is InChI=1S/C34H25ClN4O2S/c35-30-19-23(13-18-32(30)41-21-27-9-6-8-24-7-4-5-12-29(24)27)20-36-39-33(40)26-16-14-25(15-17-26)31-22-42-34(38-31)37-28-10-2-1-3-11-28/h1-20,22H,21H2,(H,37,38)(H,39,40)/b36-20-. The second-order valence-electron chi connectivity index (χ2n) is 9.42. The Morgan fingerprint density at radius 3 is 2.52 bits per heavy atom. The molecule has 0 fully saturated rings. The number of carbonyl (C=O) groups is 1. The number of nitrogens with zero attached hydrogens (tertiary/aromatic N) is 2. The summed E-state index contributed by atoms with van der Waals surface area (Å²) in [5.74, 6) is 0.262. The zero-order valence-corrected chi connectivity index (χ0v) is 23.9. The first-order valence-electron chi connectivity index (χ1n) is 13.2. The molecule has 0 saturated carbocycles. The predicted molar refractivity (Wildman–Crippen MR) is 172 cm³/mol. The maximum atomic E-state index is 12.6. The number of thiazole rings is 1. The number of aromatic nitrogens is 1. The van der Waals surface area contributed by atoms with Crippen molar-refractivity contribution in [2.45, 2.75) is 6.61 Å². The third-order valence-electron chi connectivity index (χ3n) is 6.57. The van der Waals surface area contributed by atoms with Crippen molar-refractivity contribution in [1.82, 2.24) is 10.4 Å². The van der Waals surface area contributed by atoms with E-state index in [4.69, 9.17) is 16.3 Å². The summed E-state index contributed by atoms with van der Waals surface area (Å²) < 4.78 is 6.00. The predicted octanol–water partition coefficient (Wildman–Crippen LogP) is 8.70. The van der Waals surface area contributed by atoms with Gasteiger partial charge in [-0.25, -0.2) is 10.4 Å². The molecule has 0 saturated heterocycles. The second-order valence-corrected chi connectivity index (χ2v) is 10.7. The Hall–Kier alpha value is -4.98. The van der Waals surface area contributed by atoms with Crippen LogP contribution >= 0.6 is 22.9 Å². The first-order valence-corrected chi connectivity index (χ1v) is 14.5. The van der Waals surface area contributed by atoms with Crippen LogP contribution in [0.4, 0.5) is 10.8 Å². The van der Waals surface area contributed by atoms with Gasteiger partial charge in [-0.1, -0.05) is 84.4 Å². The van der Waals surface area contributed by atoms with Gasteiger partial charge in [0, 0.05) is 22.2 Å². The summed E-state index contributed by atoms with van der Waals surface area (Å²) >= 11 is 8.00. The third-order valence-corrected chi connectivity index (χ3v) is 7.62. The first-order chi connectivity index (χ1) is 20.6. The molecular weight excluding hydrogens is 564 g/mol. The van der Waals surface area contributed by atoms with Crippen molar-refractivity contribution in [2.24, 2.45) is 5.10 Å². The molecule has 0 atom stereocenters. The van der Waals surface area contributed by atoms with Crippen LogP contribution in [0, 0.1) is 0 Å². The second kappa shape index (κ2) is 12.7. The van der Waals surface area contributed by atoms with E-state index in [1.165, 1.54) is 16.7 Å². The highest BCUT2D eigenvalue weighted by atomic mass is 35.5. The molecule has 1 amide bonds. The molecular formula is C34H25ClN4O2S. The molecule has 5 aromatic carbocycles. The Morgan fingerprint density at radius 2 is 1.69 bits per heavy atom. The number of benzene rings is 5. The topological polar surface area (TPSA) is 75.6 Å². The highest BCUT2D eigenvalue weighted by Crippen LogP contribution is 2.28. The minimum atomic E-state index is -0.316. The van der Waals surface area contributed by atoms with Crippen LogP contribution in [0.2, 0.25) is 5.02 Å². The SMILES string of the molecule is O=C(N/N=C\c1ccc(OCc2cccc3ccccc23)c(Cl)c1)c1ccc(-c2csc(Nc3ccccc3)n2)cc1. The maximum absolute atomic E-state index is 12.6. The van der Waals surface area contributed by atoms with Crippen LogP contribution in [0.1, 0.15) is 21.5 Å². The number of rotatable bonds is 9. The molecule has 6 nitrogen and oxygen atoms in total. The number of hydrogen-bond donors (Lipinski definition) is 2. The van der Waals surface area contributed by atoms with E-state index in [1.807, 2.05) is 78.2 Å². The Kier molecular flexibility index (Phi) is 8.21. The van der Waals surface area contributed by atoms with E-state index in [0.29, 0.717) is 22.9 Å². The molecule has 0 bridgehead atoms. The molecule has 6 rings (SSSR count). The lowest BCUT2D eigenvalue weighted by atomic mass is 10.1. The van der Waals surface area contributed by atoms with Gasteiger partial charge in [0.15, 0.2) is 5.13 Å². The van der Waals surface area contributed by atoms with Crippen LogP contribution in [0.25, 0.3) is 22.0 Å². The van der Waals surface area contributed by atoms with Gasteiger partial charge in [0.05, 0.1) is 16.9 Å². The Balaban J connectivity index is 1.03. The summed E-state index contributed by atoms with van der Waals surface area (Å²) in [7, 11) is 0. The lowest BCUT2D eigenvalue weighted by Gasteiger charge is -2.11. The largest absolute Gasteiger partial charge is 0.487 e. The molecule has 6 aromatic rings. The first kappa shape index (κ1) is 27.2. The number of para-hydroxylation sites is 1. The molecule has 0 aliphatic heterocycles. The highest BCUT2D eigenvalue weighted by Gasteiger charge is 2.09. The summed E-state index contributed by atoms with van der Waals surface area (Å²) in [6.07, 6.45) is 1.54. The number of carbonyl (C=O) groups excluding carboxylic acids is 1. The van der Waals surface area contributed by atoms with E-state index in [1.54, 1.807) is 30.5 Å². The smallest absolute Gasteiger partial charge is 0.271 e. The van der Waals surface area contributed by atoms with E-state index in [2.05, 4.69) is 39.0 Å². The molecule has 206 valence electrons. The third kappa shape index (κ3) is 6.49. The molecule has 2 N–H and O–H groups in total. The van der Waals surface area contributed by atoms with Gasteiger partial charge in [-0.3, -0.25) is 4.79 Å². The molecule has 42 heavy (non-hydrogen) atoms. The van der Waals surface area contributed by atoms with Crippen LogP contribution in [-0.4, -0.2) is 17.1 Å². The summed E-state index contributed by atoms with van der Waals surface area (Å²) in [5, 5.41) is 13.0. The summed E-state index contributed by atoms with van der Waals surface area (Å²) in [5.41, 5.74) is 7.62. The van der Waals surface area contributed by atoms with E-state index in [9.17, 15) is 4.79 Å². The number of amides is 1. The van der Waals surface area contributed by atoms with Gasteiger partial charge >= 0.3 is 0 Å². The van der Waals surface area contributed by atoms with Crippen molar-refractivity contribution in [3.8, 4) is 17.0 Å². The monoisotopic (exact) mass is 588 g/mol. The van der Waals surface area contributed by atoms with Gasteiger partial charge in [-0.15, -0.1) is 11.3 Å². The maximum Gasteiger partial charge on any atom is 0.271 e. The number of fused-ring (bicyclic) bond motifs is 1. The zero-order chi connectivity index (χ0) is 28.7. The molecule has 0 radical (unpaired) electrons. The van der Waals surface area contributed by atoms with Crippen molar-refractivity contribution in [3.05, 3.63) is 142 Å². The lowest BCUT2D eigenvalue weighted by molar-refractivity contribution is 0.0955. The summed E-state index contributed by atoms with van der Waals surface area (Å²) in [6, 6.07) is 36.9. The number of ether oxygens (including phenoxy) is 1. The molecule has 1 aromatic heterocycles. The molecule has 8 heteroatoms. The average Bonchev–Trinajstić information content (AvgIpc) is 3.49. The van der Waals surface area contributed by atoms with Crippen molar-refractivity contribution in [1.29, 1.82) is 0 Å². The summed E-state index contributed by atoms with van der Waals surface area (Å²) in [4.78, 5) is 17.3. The average molecular weight is 589 g/mol. The van der Waals surface area contributed by atoms with E-state index < -0.39 is 0 Å². The van der Waals surface area contributed by atoms with Crippen LogP contribution in [-0.2, 0) is 6.61 Å². The van der Waals surface area contributed by atoms with E-state index >= 15 is 0 Å². The molecule has 0 aliphatic rings. The number of hydrogen-bond acceptors (Lipinski definition) is 6. The van der Waals surface area contributed by atoms with Gasteiger partial charge in [-0.05, 0) is 64.4 Å². The Bertz CT molecular complexity index is 1870. The summed E-state index contributed by atoms with van der Waals surface area (Å²) in [6.45, 7) is 0.400. The number of hydrazone groups is 1. The molecule has 0 unspecified atom stereocenters. The quantitative estimate of drug-likeness (QED) is 0.131. The van der Waals surface area contributed by atoms with Crippen molar-refractivity contribution in [3.63, 3.8) is 0 Å². The zero-order valence-electron chi connectivity index (χ0n) is 22.3. The molecule has 0 spiro atoms. The number of halogens is 1. The Morgan fingerprint density at radius 1 is 0.905 bits per heavy atom. The normalized spacial score (nSPS) is 11.1. The van der Waals surface area contributed by atoms with Gasteiger partial charge in [0.1, 0.15) is 12.4 Å². The number of nitrogens with one attached hydrogen (secondary N) is 2. The van der Waals surface area contributed by atoms with Crippen LogP contribution in [0.15, 0.2) is 126 Å². The fraction of sp³-hybridized carbons (Fsp3) is 0.0294. The molecule has 0 aliphatic carbocycles. The fourth-order valence-corrected chi connectivity index (χ4v) is 5.40. The fourth-order valence-electron chi connectivity index (χ4n) is 4.42. The molecule has 1 heterocycles. The van der Waals surface area contributed by atoms with E-state index in [-0.39, 0.29) is 5.91 Å². The minimum absolute atomic E-state index is 0.316. The lowest BCUT2D eigenvalue weighted by Crippen LogP contribution is -2.17. The van der Waals surface area contributed by atoms with Gasteiger partial charge < -0.3 is 10.1 Å².